The molecule has 0 aromatic carbocycles. The van der Waals surface area contributed by atoms with Crippen LogP contribution in [0.5, 0.6) is 0 Å². The number of hydrogen-bond acceptors (Lipinski definition) is 4. The highest BCUT2D eigenvalue weighted by molar-refractivity contribution is 7.89. The minimum atomic E-state index is -3.71. The highest BCUT2D eigenvalue weighted by atomic mass is 32.2. The molecule has 1 atom stereocenters. The van der Waals surface area contributed by atoms with Gasteiger partial charge in [-0.3, -0.25) is 4.79 Å². The maximum atomic E-state index is 12.2. The van der Waals surface area contributed by atoms with Gasteiger partial charge >= 0.3 is 0 Å². The average Bonchev–Trinajstić information content (AvgIpc) is 2.80. The molecule has 0 spiro atoms. The van der Waals surface area contributed by atoms with Gasteiger partial charge in [-0.15, -0.1) is 0 Å². The van der Waals surface area contributed by atoms with Crippen LogP contribution < -0.4 is 5.73 Å². The van der Waals surface area contributed by atoms with Crippen molar-refractivity contribution >= 4 is 15.9 Å². The lowest BCUT2D eigenvalue weighted by Gasteiger charge is -2.20. The van der Waals surface area contributed by atoms with Gasteiger partial charge in [0.1, 0.15) is 6.04 Å². The number of nitrogens with zero attached hydrogens (tertiary/aromatic N) is 2. The van der Waals surface area contributed by atoms with E-state index < -0.39 is 22.0 Å². The van der Waals surface area contributed by atoms with Crippen LogP contribution in [0.15, 0.2) is 29.4 Å². The van der Waals surface area contributed by atoms with Crippen molar-refractivity contribution in [2.24, 2.45) is 5.73 Å². The zero-order valence-electron chi connectivity index (χ0n) is 9.11. The van der Waals surface area contributed by atoms with Crippen LogP contribution in [0.2, 0.25) is 0 Å². The molecule has 1 aromatic rings. The monoisotopic (exact) mass is 255 g/mol. The van der Waals surface area contributed by atoms with Crippen molar-refractivity contribution in [2.75, 3.05) is 6.54 Å². The zero-order valence-corrected chi connectivity index (χ0v) is 9.93. The highest BCUT2D eigenvalue weighted by Gasteiger charge is 2.38. The van der Waals surface area contributed by atoms with E-state index in [0.717, 1.165) is 4.31 Å². The van der Waals surface area contributed by atoms with Gasteiger partial charge in [0.15, 0.2) is 5.03 Å². The molecule has 92 valence electrons. The Kier molecular flexibility index (Phi) is 3.12. The Morgan fingerprint density at radius 1 is 1.47 bits per heavy atom. The summed E-state index contributed by atoms with van der Waals surface area (Å²) in [6.07, 6.45) is 2.52. The molecule has 2 N–H and O–H groups in total. The van der Waals surface area contributed by atoms with E-state index in [4.69, 9.17) is 5.73 Å². The number of pyridine rings is 1. The molecule has 2 heterocycles. The van der Waals surface area contributed by atoms with E-state index >= 15 is 0 Å². The second kappa shape index (κ2) is 4.42. The lowest BCUT2D eigenvalue weighted by molar-refractivity contribution is -0.121. The quantitative estimate of drug-likeness (QED) is 0.803. The van der Waals surface area contributed by atoms with Gasteiger partial charge < -0.3 is 5.73 Å². The van der Waals surface area contributed by atoms with E-state index in [-0.39, 0.29) is 5.03 Å². The molecule has 7 heteroatoms. The first kappa shape index (κ1) is 12.0. The topological polar surface area (TPSA) is 93.4 Å². The molecule has 1 aliphatic heterocycles. The Labute approximate surface area is 99.5 Å². The number of rotatable bonds is 3. The largest absolute Gasteiger partial charge is 0.368 e. The Morgan fingerprint density at radius 3 is 2.82 bits per heavy atom. The molecule has 17 heavy (non-hydrogen) atoms. The second-order valence-corrected chi connectivity index (χ2v) is 5.68. The molecule has 1 aromatic heterocycles. The molecule has 0 bridgehead atoms. The molecular formula is C10H13N3O3S. The molecule has 0 saturated carbocycles. The second-order valence-electron chi connectivity index (χ2n) is 3.84. The van der Waals surface area contributed by atoms with Crippen LogP contribution in [0.4, 0.5) is 0 Å². The summed E-state index contributed by atoms with van der Waals surface area (Å²) in [5.41, 5.74) is 5.20. The van der Waals surface area contributed by atoms with Crippen molar-refractivity contribution in [2.45, 2.75) is 23.9 Å². The van der Waals surface area contributed by atoms with E-state index in [0.29, 0.717) is 19.4 Å². The maximum absolute atomic E-state index is 12.2. The number of amides is 1. The fourth-order valence-electron chi connectivity index (χ4n) is 1.93. The highest BCUT2D eigenvalue weighted by Crippen LogP contribution is 2.24. The standard InChI is InChI=1S/C10H13N3O3S/c11-10(14)8-4-3-7-13(8)17(15,16)9-5-1-2-6-12-9/h1-2,5-6,8H,3-4,7H2,(H2,11,14)/t8-/m1/s1. The number of carbonyl (C=O) groups excluding carboxylic acids is 1. The van der Waals surface area contributed by atoms with Crippen molar-refractivity contribution in [3.05, 3.63) is 24.4 Å². The molecule has 0 aliphatic carbocycles. The summed E-state index contributed by atoms with van der Waals surface area (Å²) in [4.78, 5) is 15.0. The predicted molar refractivity (Wildman–Crippen MR) is 60.3 cm³/mol. The van der Waals surface area contributed by atoms with Gasteiger partial charge in [-0.25, -0.2) is 13.4 Å². The van der Waals surface area contributed by atoms with Gasteiger partial charge in [0.25, 0.3) is 10.0 Å². The zero-order chi connectivity index (χ0) is 12.5. The van der Waals surface area contributed by atoms with Gasteiger partial charge in [-0.2, -0.15) is 4.31 Å². The van der Waals surface area contributed by atoms with Crippen molar-refractivity contribution in [3.8, 4) is 0 Å². The molecule has 1 amide bonds. The van der Waals surface area contributed by atoms with Crippen molar-refractivity contribution < 1.29 is 13.2 Å². The Bertz CT molecular complexity index is 515. The number of aromatic nitrogens is 1. The van der Waals surface area contributed by atoms with Crippen LogP contribution in [-0.4, -0.2) is 36.2 Å². The van der Waals surface area contributed by atoms with Crippen LogP contribution in [-0.2, 0) is 14.8 Å². The normalized spacial score (nSPS) is 21.5. The Hall–Kier alpha value is -1.47. The van der Waals surface area contributed by atoms with Crippen LogP contribution in [0, 0.1) is 0 Å². The van der Waals surface area contributed by atoms with Crippen LogP contribution in [0.1, 0.15) is 12.8 Å². The SMILES string of the molecule is NC(=O)[C@H]1CCCN1S(=O)(=O)c1ccccn1. The van der Waals surface area contributed by atoms with Gasteiger partial charge in [0, 0.05) is 12.7 Å². The van der Waals surface area contributed by atoms with E-state index in [9.17, 15) is 13.2 Å². The van der Waals surface area contributed by atoms with Crippen molar-refractivity contribution in [1.82, 2.24) is 9.29 Å². The van der Waals surface area contributed by atoms with Crippen LogP contribution in [0.3, 0.4) is 0 Å². The summed E-state index contributed by atoms with van der Waals surface area (Å²) < 4.78 is 25.5. The Balaban J connectivity index is 2.37. The molecule has 1 aliphatic rings. The molecule has 0 radical (unpaired) electrons. The average molecular weight is 255 g/mol. The first-order chi connectivity index (χ1) is 8.03. The summed E-state index contributed by atoms with van der Waals surface area (Å²) in [6, 6.07) is 3.89. The smallest absolute Gasteiger partial charge is 0.261 e. The lowest BCUT2D eigenvalue weighted by Crippen LogP contribution is -2.43. The molecule has 1 fully saturated rings. The number of hydrogen-bond donors (Lipinski definition) is 1. The maximum Gasteiger partial charge on any atom is 0.261 e. The minimum absolute atomic E-state index is 0.0480. The van der Waals surface area contributed by atoms with Gasteiger partial charge in [-0.1, -0.05) is 6.07 Å². The third-order valence-electron chi connectivity index (χ3n) is 2.74. The minimum Gasteiger partial charge on any atom is -0.368 e. The third kappa shape index (κ3) is 2.16. The van der Waals surface area contributed by atoms with Crippen LogP contribution in [0.25, 0.3) is 0 Å². The predicted octanol–water partition coefficient (Wildman–Crippen LogP) is -0.280. The number of carbonyl (C=O) groups is 1. The summed E-state index contributed by atoms with van der Waals surface area (Å²) in [7, 11) is -3.71. The molecular weight excluding hydrogens is 242 g/mol. The molecule has 2 rings (SSSR count). The van der Waals surface area contributed by atoms with E-state index in [2.05, 4.69) is 4.98 Å². The lowest BCUT2D eigenvalue weighted by atomic mass is 10.2. The first-order valence-corrected chi connectivity index (χ1v) is 6.69. The van der Waals surface area contributed by atoms with E-state index in [1.165, 1.54) is 12.3 Å². The fourth-order valence-corrected chi connectivity index (χ4v) is 3.53. The summed E-state index contributed by atoms with van der Waals surface area (Å²) in [5, 5.41) is -0.0480. The van der Waals surface area contributed by atoms with E-state index in [1.807, 2.05) is 0 Å². The Morgan fingerprint density at radius 2 is 2.24 bits per heavy atom. The number of nitrogens with two attached hydrogens (primary N) is 1. The van der Waals surface area contributed by atoms with Crippen molar-refractivity contribution in [3.63, 3.8) is 0 Å². The van der Waals surface area contributed by atoms with Gasteiger partial charge in [0.2, 0.25) is 5.91 Å². The van der Waals surface area contributed by atoms with E-state index in [1.54, 1.807) is 12.1 Å². The summed E-state index contributed by atoms with van der Waals surface area (Å²) >= 11 is 0. The molecule has 0 unspecified atom stereocenters. The number of primary amides is 1. The van der Waals surface area contributed by atoms with Gasteiger partial charge in [0.05, 0.1) is 0 Å². The van der Waals surface area contributed by atoms with Crippen molar-refractivity contribution in [1.29, 1.82) is 0 Å². The molecule has 6 nitrogen and oxygen atoms in total. The summed E-state index contributed by atoms with van der Waals surface area (Å²) in [5.74, 6) is -0.609. The first-order valence-electron chi connectivity index (χ1n) is 5.25. The number of sulfonamides is 1. The van der Waals surface area contributed by atoms with Crippen LogP contribution >= 0.6 is 0 Å². The molecule has 1 saturated heterocycles. The third-order valence-corrected chi connectivity index (χ3v) is 4.57. The van der Waals surface area contributed by atoms with Gasteiger partial charge in [-0.05, 0) is 25.0 Å². The summed E-state index contributed by atoms with van der Waals surface area (Å²) in [6.45, 7) is 0.312. The fraction of sp³-hybridized carbons (Fsp3) is 0.400.